The van der Waals surface area contributed by atoms with Crippen molar-refractivity contribution in [1.29, 1.82) is 0 Å². The molecule has 1 atom stereocenters. The Balaban J connectivity index is 2.29. The normalized spacial score (nSPS) is 18.8. The molecule has 100 valence electrons. The lowest BCUT2D eigenvalue weighted by molar-refractivity contribution is 0.166. The van der Waals surface area contributed by atoms with Gasteiger partial charge in [0.15, 0.2) is 0 Å². The lowest BCUT2D eigenvalue weighted by atomic mass is 10.0. The minimum absolute atomic E-state index is 0.0281. The van der Waals surface area contributed by atoms with Crippen LogP contribution in [0.2, 0.25) is 0 Å². The highest BCUT2D eigenvalue weighted by Crippen LogP contribution is 2.37. The standard InChI is InChI=1S/C13H18BrFN2O/c1-2-11(17-7-5-16-6-8-17)9-3-4-10(15)12(14)13(9)18/h3-4,11,16,18H,2,5-8H2,1H3/t11-/m1/s1. The Morgan fingerprint density at radius 2 is 2.11 bits per heavy atom. The molecule has 5 heteroatoms. The van der Waals surface area contributed by atoms with E-state index in [1.807, 2.05) is 0 Å². The molecular formula is C13H18BrFN2O. The van der Waals surface area contributed by atoms with Crippen molar-refractivity contribution in [3.05, 3.63) is 28.0 Å². The molecule has 1 aromatic carbocycles. The molecule has 0 aliphatic carbocycles. The molecule has 1 fully saturated rings. The van der Waals surface area contributed by atoms with Crippen molar-refractivity contribution in [2.75, 3.05) is 26.2 Å². The maximum absolute atomic E-state index is 13.3. The first-order valence-electron chi connectivity index (χ1n) is 6.26. The van der Waals surface area contributed by atoms with Crippen molar-refractivity contribution in [3.8, 4) is 5.75 Å². The molecule has 2 rings (SSSR count). The first kappa shape index (κ1) is 13.8. The van der Waals surface area contributed by atoms with Gasteiger partial charge in [0.25, 0.3) is 0 Å². The Labute approximate surface area is 115 Å². The van der Waals surface area contributed by atoms with Crippen LogP contribution in [0, 0.1) is 5.82 Å². The number of hydrogen-bond acceptors (Lipinski definition) is 3. The summed E-state index contributed by atoms with van der Waals surface area (Å²) in [4.78, 5) is 2.33. The molecule has 0 aromatic heterocycles. The van der Waals surface area contributed by atoms with Gasteiger partial charge in [-0.05, 0) is 28.4 Å². The summed E-state index contributed by atoms with van der Waals surface area (Å²) in [5.74, 6) is -0.396. The Morgan fingerprint density at radius 1 is 1.44 bits per heavy atom. The number of halogens is 2. The molecule has 1 aliphatic rings. The van der Waals surface area contributed by atoms with E-state index in [1.54, 1.807) is 6.07 Å². The second-order valence-corrected chi connectivity index (χ2v) is 5.30. The van der Waals surface area contributed by atoms with Gasteiger partial charge < -0.3 is 10.4 Å². The fraction of sp³-hybridized carbons (Fsp3) is 0.538. The first-order chi connectivity index (χ1) is 8.65. The number of benzene rings is 1. The topological polar surface area (TPSA) is 35.5 Å². The second kappa shape index (κ2) is 5.99. The van der Waals surface area contributed by atoms with E-state index in [2.05, 4.69) is 33.1 Å². The van der Waals surface area contributed by atoms with Gasteiger partial charge in [-0.2, -0.15) is 0 Å². The number of phenols is 1. The van der Waals surface area contributed by atoms with Gasteiger partial charge in [0.05, 0.1) is 4.47 Å². The molecule has 2 N–H and O–H groups in total. The van der Waals surface area contributed by atoms with E-state index < -0.39 is 5.82 Å². The zero-order valence-electron chi connectivity index (χ0n) is 10.4. The van der Waals surface area contributed by atoms with Crippen LogP contribution in [0.5, 0.6) is 5.75 Å². The average Bonchev–Trinajstić information content (AvgIpc) is 2.41. The highest BCUT2D eigenvalue weighted by molar-refractivity contribution is 9.10. The number of phenolic OH excluding ortho intramolecular Hbond substituents is 1. The second-order valence-electron chi connectivity index (χ2n) is 4.51. The number of hydrogen-bond donors (Lipinski definition) is 2. The van der Waals surface area contributed by atoms with Gasteiger partial charge in [-0.15, -0.1) is 0 Å². The first-order valence-corrected chi connectivity index (χ1v) is 7.06. The van der Waals surface area contributed by atoms with Crippen LogP contribution in [0.25, 0.3) is 0 Å². The van der Waals surface area contributed by atoms with Gasteiger partial charge >= 0.3 is 0 Å². The van der Waals surface area contributed by atoms with Crippen molar-refractivity contribution in [3.63, 3.8) is 0 Å². The van der Waals surface area contributed by atoms with Gasteiger partial charge in [-0.1, -0.05) is 13.0 Å². The molecule has 0 amide bonds. The monoisotopic (exact) mass is 316 g/mol. The van der Waals surface area contributed by atoms with Gasteiger partial charge in [0.2, 0.25) is 0 Å². The maximum atomic E-state index is 13.3. The molecule has 3 nitrogen and oxygen atoms in total. The molecular weight excluding hydrogens is 299 g/mol. The molecule has 0 unspecified atom stereocenters. The van der Waals surface area contributed by atoms with Crippen molar-refractivity contribution >= 4 is 15.9 Å². The van der Waals surface area contributed by atoms with Gasteiger partial charge in [-0.3, -0.25) is 4.90 Å². The van der Waals surface area contributed by atoms with Crippen molar-refractivity contribution in [1.82, 2.24) is 10.2 Å². The lowest BCUT2D eigenvalue weighted by Gasteiger charge is -2.35. The van der Waals surface area contributed by atoms with Crippen LogP contribution in [0.15, 0.2) is 16.6 Å². The molecule has 0 spiro atoms. The number of piperazine rings is 1. The molecule has 1 aromatic rings. The van der Waals surface area contributed by atoms with Crippen LogP contribution in [0.4, 0.5) is 4.39 Å². The summed E-state index contributed by atoms with van der Waals surface area (Å²) in [6, 6.07) is 3.24. The summed E-state index contributed by atoms with van der Waals surface area (Å²) >= 11 is 3.10. The van der Waals surface area contributed by atoms with E-state index in [0.717, 1.165) is 38.2 Å². The third kappa shape index (κ3) is 2.68. The molecule has 1 aliphatic heterocycles. The number of aromatic hydroxyl groups is 1. The third-order valence-electron chi connectivity index (χ3n) is 3.44. The van der Waals surface area contributed by atoms with Crippen LogP contribution in [0.1, 0.15) is 24.9 Å². The summed E-state index contributed by atoms with van der Waals surface area (Å²) < 4.78 is 13.5. The maximum Gasteiger partial charge on any atom is 0.141 e. The molecule has 0 radical (unpaired) electrons. The quantitative estimate of drug-likeness (QED) is 0.900. The van der Waals surface area contributed by atoms with E-state index >= 15 is 0 Å². The van der Waals surface area contributed by atoms with Crippen molar-refractivity contribution in [2.45, 2.75) is 19.4 Å². The van der Waals surface area contributed by atoms with Crippen LogP contribution < -0.4 is 5.32 Å². The van der Waals surface area contributed by atoms with Gasteiger partial charge in [0.1, 0.15) is 11.6 Å². The van der Waals surface area contributed by atoms with E-state index in [4.69, 9.17) is 0 Å². The van der Waals surface area contributed by atoms with Crippen LogP contribution in [-0.2, 0) is 0 Å². The molecule has 1 saturated heterocycles. The zero-order valence-corrected chi connectivity index (χ0v) is 12.0. The van der Waals surface area contributed by atoms with Crippen LogP contribution in [-0.4, -0.2) is 36.2 Å². The predicted molar refractivity (Wildman–Crippen MR) is 73.2 cm³/mol. The van der Waals surface area contributed by atoms with E-state index in [9.17, 15) is 9.50 Å². The van der Waals surface area contributed by atoms with E-state index in [-0.39, 0.29) is 16.3 Å². The highest BCUT2D eigenvalue weighted by Gasteiger charge is 2.24. The molecule has 0 bridgehead atoms. The summed E-state index contributed by atoms with van der Waals surface area (Å²) in [5, 5.41) is 13.4. The van der Waals surface area contributed by atoms with E-state index in [1.165, 1.54) is 6.07 Å². The molecule has 1 heterocycles. The largest absolute Gasteiger partial charge is 0.506 e. The SMILES string of the molecule is CC[C@H](c1ccc(F)c(Br)c1O)N1CCNCC1. The average molecular weight is 317 g/mol. The number of nitrogens with zero attached hydrogens (tertiary/aromatic N) is 1. The fourth-order valence-corrected chi connectivity index (χ4v) is 2.85. The van der Waals surface area contributed by atoms with E-state index in [0.29, 0.717) is 0 Å². The van der Waals surface area contributed by atoms with Crippen molar-refractivity contribution < 1.29 is 9.50 Å². The lowest BCUT2D eigenvalue weighted by Crippen LogP contribution is -2.45. The Kier molecular flexibility index (Phi) is 4.59. The highest BCUT2D eigenvalue weighted by atomic mass is 79.9. The summed E-state index contributed by atoms with van der Waals surface area (Å²) in [7, 11) is 0. The number of nitrogens with one attached hydrogen (secondary N) is 1. The Hall–Kier alpha value is -0.650. The van der Waals surface area contributed by atoms with Crippen LogP contribution >= 0.6 is 15.9 Å². The minimum atomic E-state index is -0.425. The summed E-state index contributed by atoms with van der Waals surface area (Å²) in [5.41, 5.74) is 0.799. The minimum Gasteiger partial charge on any atom is -0.506 e. The molecule has 0 saturated carbocycles. The third-order valence-corrected chi connectivity index (χ3v) is 4.19. The van der Waals surface area contributed by atoms with Gasteiger partial charge in [0, 0.05) is 37.8 Å². The van der Waals surface area contributed by atoms with Crippen LogP contribution in [0.3, 0.4) is 0 Å². The smallest absolute Gasteiger partial charge is 0.141 e. The summed E-state index contributed by atoms with van der Waals surface area (Å²) in [6.07, 6.45) is 0.894. The zero-order chi connectivity index (χ0) is 13.1. The molecule has 18 heavy (non-hydrogen) atoms. The Bertz CT molecular complexity index is 422. The summed E-state index contributed by atoms with van der Waals surface area (Å²) in [6.45, 7) is 5.91. The fourth-order valence-electron chi connectivity index (χ4n) is 2.49. The van der Waals surface area contributed by atoms with Gasteiger partial charge in [-0.25, -0.2) is 4.39 Å². The predicted octanol–water partition coefficient (Wildman–Crippen LogP) is 2.65. The number of rotatable bonds is 3. The Morgan fingerprint density at radius 3 is 2.72 bits per heavy atom. The van der Waals surface area contributed by atoms with Crippen molar-refractivity contribution in [2.24, 2.45) is 0 Å².